The fourth-order valence-corrected chi connectivity index (χ4v) is 4.19. The lowest BCUT2D eigenvalue weighted by molar-refractivity contribution is -0.117. The molecule has 1 amide bonds. The molecular formula is C26H21N7O2S. The van der Waals surface area contributed by atoms with Gasteiger partial charge in [-0.1, -0.05) is 18.2 Å². The molecule has 0 bridgehead atoms. The van der Waals surface area contributed by atoms with Crippen LogP contribution in [-0.2, 0) is 4.79 Å². The van der Waals surface area contributed by atoms with Crippen molar-refractivity contribution in [1.29, 1.82) is 0 Å². The number of ether oxygens (including phenoxy) is 1. The smallest absolute Gasteiger partial charge is 0.282 e. The normalized spacial score (nSPS) is 15.7. The summed E-state index contributed by atoms with van der Waals surface area (Å²) in [7, 11) is 1.62. The summed E-state index contributed by atoms with van der Waals surface area (Å²) in [5.74, 6) is 0.476. The molecule has 1 aliphatic heterocycles. The number of amides is 1. The highest BCUT2D eigenvalue weighted by molar-refractivity contribution is 7.14. The average Bonchev–Trinajstić information content (AvgIpc) is 3.52. The summed E-state index contributed by atoms with van der Waals surface area (Å²) in [4.78, 5) is 17.6. The molecule has 0 saturated heterocycles. The van der Waals surface area contributed by atoms with Gasteiger partial charge in [-0.05, 0) is 67.6 Å². The number of hydrazone groups is 1. The molecule has 10 heteroatoms. The predicted octanol–water partition coefficient (Wildman–Crippen LogP) is 7.11. The largest absolute Gasteiger partial charge is 0.497 e. The van der Waals surface area contributed by atoms with Crippen LogP contribution in [-0.4, -0.2) is 29.8 Å². The molecule has 36 heavy (non-hydrogen) atoms. The van der Waals surface area contributed by atoms with Gasteiger partial charge in [-0.2, -0.15) is 30.6 Å². The van der Waals surface area contributed by atoms with Gasteiger partial charge in [-0.25, -0.2) is 4.98 Å². The molecule has 0 saturated carbocycles. The molecule has 0 unspecified atom stereocenters. The van der Waals surface area contributed by atoms with Crippen LogP contribution in [0.25, 0.3) is 11.3 Å². The van der Waals surface area contributed by atoms with E-state index in [0.717, 1.165) is 22.7 Å². The van der Waals surface area contributed by atoms with Crippen molar-refractivity contribution in [3.8, 4) is 17.0 Å². The number of carbonyl (C=O) groups excluding carboxylic acids is 1. The minimum absolute atomic E-state index is 0.292. The molecule has 0 N–H and O–H groups in total. The van der Waals surface area contributed by atoms with Gasteiger partial charge in [-0.15, -0.1) is 11.3 Å². The first kappa shape index (κ1) is 23.2. The highest BCUT2D eigenvalue weighted by atomic mass is 32.1. The summed E-state index contributed by atoms with van der Waals surface area (Å²) < 4.78 is 5.20. The summed E-state index contributed by atoms with van der Waals surface area (Å²) in [6, 6.07) is 23.4. The van der Waals surface area contributed by atoms with Gasteiger partial charge >= 0.3 is 0 Å². The average molecular weight is 496 g/mol. The zero-order valence-corrected chi connectivity index (χ0v) is 20.3. The van der Waals surface area contributed by atoms with Gasteiger partial charge in [0.05, 0.1) is 35.6 Å². The van der Waals surface area contributed by atoms with Crippen LogP contribution >= 0.6 is 11.3 Å². The second-order valence-corrected chi connectivity index (χ2v) is 8.64. The predicted molar refractivity (Wildman–Crippen MR) is 140 cm³/mol. The van der Waals surface area contributed by atoms with Crippen LogP contribution in [0.2, 0.25) is 0 Å². The Balaban J connectivity index is 1.25. The quantitative estimate of drug-likeness (QED) is 0.255. The number of anilines is 1. The lowest BCUT2D eigenvalue weighted by atomic mass is 10.2. The van der Waals surface area contributed by atoms with Crippen molar-refractivity contribution in [2.45, 2.75) is 13.0 Å². The van der Waals surface area contributed by atoms with E-state index < -0.39 is 6.04 Å². The van der Waals surface area contributed by atoms with E-state index in [9.17, 15) is 4.79 Å². The molecule has 1 atom stereocenters. The van der Waals surface area contributed by atoms with E-state index in [1.807, 2.05) is 60.0 Å². The Kier molecular flexibility index (Phi) is 6.67. The van der Waals surface area contributed by atoms with E-state index in [1.165, 1.54) is 16.3 Å². The fourth-order valence-electron chi connectivity index (χ4n) is 3.40. The van der Waals surface area contributed by atoms with Gasteiger partial charge in [0.2, 0.25) is 5.13 Å². The molecule has 0 fully saturated rings. The van der Waals surface area contributed by atoms with Gasteiger partial charge in [-0.3, -0.25) is 4.79 Å². The van der Waals surface area contributed by atoms with Crippen molar-refractivity contribution in [2.75, 3.05) is 12.1 Å². The highest BCUT2D eigenvalue weighted by Gasteiger charge is 2.36. The number of hydrogen-bond donors (Lipinski definition) is 0. The number of carbonyl (C=O) groups is 1. The first-order valence-corrected chi connectivity index (χ1v) is 12.0. The maximum Gasteiger partial charge on any atom is 0.282 e. The van der Waals surface area contributed by atoms with Crippen LogP contribution in [0.1, 0.15) is 6.92 Å². The molecule has 1 aromatic heterocycles. The van der Waals surface area contributed by atoms with E-state index in [4.69, 9.17) is 4.74 Å². The van der Waals surface area contributed by atoms with Crippen molar-refractivity contribution in [1.82, 2.24) is 4.98 Å². The number of azo groups is 2. The molecule has 2 heterocycles. The maximum atomic E-state index is 13.0. The van der Waals surface area contributed by atoms with Crippen LogP contribution < -0.4 is 9.75 Å². The lowest BCUT2D eigenvalue weighted by Crippen LogP contribution is -2.29. The molecule has 1 aliphatic rings. The Hall–Kier alpha value is -4.57. The molecule has 0 spiro atoms. The van der Waals surface area contributed by atoms with E-state index in [-0.39, 0.29) is 5.91 Å². The van der Waals surface area contributed by atoms with Crippen molar-refractivity contribution in [3.63, 3.8) is 0 Å². The summed E-state index contributed by atoms with van der Waals surface area (Å²) in [5.41, 5.74) is 4.30. The first-order chi connectivity index (χ1) is 17.6. The molecule has 0 radical (unpaired) electrons. The van der Waals surface area contributed by atoms with Gasteiger partial charge < -0.3 is 4.74 Å². The standard InChI is InChI=1S/C26H21N7O2S/c1-17-24(31-30-21-12-10-20(11-13-21)29-28-19-6-4-3-5-7-19)25(34)33(32-17)26-27-23(16-36-26)18-8-14-22(35-2)15-9-18/h3-16,24H,1-2H3/t24-/m0/s1. The number of methoxy groups -OCH3 is 1. The van der Waals surface area contributed by atoms with Gasteiger partial charge in [0.1, 0.15) is 5.75 Å². The maximum absolute atomic E-state index is 13.0. The zero-order chi connectivity index (χ0) is 24.9. The van der Waals surface area contributed by atoms with Crippen molar-refractivity contribution < 1.29 is 9.53 Å². The molecule has 4 aromatic rings. The summed E-state index contributed by atoms with van der Waals surface area (Å²) in [6.45, 7) is 1.76. The van der Waals surface area contributed by atoms with Crippen LogP contribution in [0, 0.1) is 0 Å². The second kappa shape index (κ2) is 10.4. The van der Waals surface area contributed by atoms with E-state index in [0.29, 0.717) is 22.2 Å². The number of thiazole rings is 1. The molecule has 0 aliphatic carbocycles. The van der Waals surface area contributed by atoms with Crippen LogP contribution in [0.15, 0.2) is 110 Å². The monoisotopic (exact) mass is 495 g/mol. The summed E-state index contributed by atoms with van der Waals surface area (Å²) >= 11 is 1.34. The van der Waals surface area contributed by atoms with Crippen LogP contribution in [0.3, 0.4) is 0 Å². The molecule has 9 nitrogen and oxygen atoms in total. The molecule has 5 rings (SSSR count). The van der Waals surface area contributed by atoms with Crippen LogP contribution in [0.4, 0.5) is 22.2 Å². The number of aromatic nitrogens is 1. The minimum atomic E-state index is -0.796. The second-order valence-electron chi connectivity index (χ2n) is 7.81. The SMILES string of the molecule is COc1ccc(-c2csc(N3N=C(C)[C@H](N=Nc4ccc(N=Nc5ccccc5)cc4)C3=O)n2)cc1. The molecule has 3 aromatic carbocycles. The lowest BCUT2D eigenvalue weighted by Gasteiger charge is -2.08. The highest BCUT2D eigenvalue weighted by Crippen LogP contribution is 2.31. The van der Waals surface area contributed by atoms with E-state index in [2.05, 4.69) is 30.5 Å². The number of benzene rings is 3. The third-order valence-corrected chi connectivity index (χ3v) is 6.15. The topological polar surface area (TPSA) is 104 Å². The third-order valence-electron chi connectivity index (χ3n) is 5.33. The zero-order valence-electron chi connectivity index (χ0n) is 19.5. The fraction of sp³-hybridized carbons (Fsp3) is 0.115. The van der Waals surface area contributed by atoms with Crippen molar-refractivity contribution in [2.24, 2.45) is 25.6 Å². The Labute approximate surface area is 211 Å². The van der Waals surface area contributed by atoms with Gasteiger partial charge in [0.15, 0.2) is 6.04 Å². The Morgan fingerprint density at radius 1 is 0.861 bits per heavy atom. The Morgan fingerprint density at radius 3 is 2.17 bits per heavy atom. The Bertz CT molecular complexity index is 1450. The molecular weight excluding hydrogens is 474 g/mol. The minimum Gasteiger partial charge on any atom is -0.497 e. The molecule has 178 valence electrons. The number of nitrogens with zero attached hydrogens (tertiary/aromatic N) is 7. The number of rotatable bonds is 7. The third kappa shape index (κ3) is 5.08. The Morgan fingerprint density at radius 2 is 1.50 bits per heavy atom. The van der Waals surface area contributed by atoms with Crippen LogP contribution in [0.5, 0.6) is 5.75 Å². The summed E-state index contributed by atoms with van der Waals surface area (Å²) in [5, 5.41) is 25.0. The first-order valence-electron chi connectivity index (χ1n) is 11.1. The van der Waals surface area contributed by atoms with Gasteiger partial charge in [0, 0.05) is 10.9 Å². The number of hydrogen-bond acceptors (Lipinski definition) is 9. The van der Waals surface area contributed by atoms with Crippen molar-refractivity contribution >= 4 is 45.1 Å². The van der Waals surface area contributed by atoms with E-state index >= 15 is 0 Å². The van der Waals surface area contributed by atoms with E-state index in [1.54, 1.807) is 38.3 Å². The summed E-state index contributed by atoms with van der Waals surface area (Å²) in [6.07, 6.45) is 0. The van der Waals surface area contributed by atoms with Gasteiger partial charge in [0.25, 0.3) is 5.91 Å². The van der Waals surface area contributed by atoms with Crippen molar-refractivity contribution in [3.05, 3.63) is 84.2 Å².